The topological polar surface area (TPSA) is 62.2 Å². The molecule has 0 saturated heterocycles. The zero-order valence-corrected chi connectivity index (χ0v) is 8.65. The molecule has 3 nitrogen and oxygen atoms in total. The van der Waals surface area contributed by atoms with Crippen LogP contribution in [0.3, 0.4) is 0 Å². The van der Waals surface area contributed by atoms with E-state index in [1.807, 2.05) is 0 Å². The van der Waals surface area contributed by atoms with E-state index in [1.54, 1.807) is 0 Å². The van der Waals surface area contributed by atoms with Crippen LogP contribution in [0.1, 0.15) is 13.8 Å². The molecule has 0 aromatic rings. The summed E-state index contributed by atoms with van der Waals surface area (Å²) in [6.07, 6.45) is 0.176. The highest BCUT2D eigenvalue weighted by molar-refractivity contribution is 6.32. The van der Waals surface area contributed by atoms with Gasteiger partial charge in [0, 0.05) is 12.4 Å². The first-order chi connectivity index (χ1) is 6.31. The lowest BCUT2D eigenvalue weighted by Gasteiger charge is -2.16. The summed E-state index contributed by atoms with van der Waals surface area (Å²) in [5.74, 6) is -1.08. The molecule has 0 saturated carbocycles. The van der Waals surface area contributed by atoms with Crippen molar-refractivity contribution in [1.82, 2.24) is 0 Å². The lowest BCUT2D eigenvalue weighted by atomic mass is 10.1. The summed E-state index contributed by atoms with van der Waals surface area (Å²) in [6, 6.07) is 0. The molecule has 0 heterocycles. The monoisotopic (exact) mass is 223 g/mol. The first-order valence-electron chi connectivity index (χ1n) is 3.85. The van der Waals surface area contributed by atoms with Crippen molar-refractivity contribution in [3.05, 3.63) is 11.0 Å². The average molecular weight is 224 g/mol. The third-order valence-corrected chi connectivity index (χ3v) is 1.91. The first kappa shape index (κ1) is 13.2. The Kier molecular flexibility index (Phi) is 4.87. The van der Waals surface area contributed by atoms with Crippen molar-refractivity contribution >= 4 is 24.0 Å². The summed E-state index contributed by atoms with van der Waals surface area (Å²) in [5.41, 5.74) is 4.01. The normalized spacial score (nSPS) is 20.1. The minimum atomic E-state index is -1.41. The molecule has 0 aliphatic rings. The van der Waals surface area contributed by atoms with E-state index >= 15 is 0 Å². The molecule has 3 N–H and O–H groups in total. The molecule has 2 atom stereocenters. The molecule has 0 fully saturated rings. The Balaban J connectivity index is 4.84. The quantitative estimate of drug-likeness (QED) is 0.557. The predicted octanol–water partition coefficient (Wildman–Crippen LogP) is 2.16. The third kappa shape index (κ3) is 3.93. The Morgan fingerprint density at radius 1 is 1.71 bits per heavy atom. The Hall–Kier alpha value is -0.810. The summed E-state index contributed by atoms with van der Waals surface area (Å²) in [7, 11) is 0. The summed E-state index contributed by atoms with van der Waals surface area (Å²) in [4.78, 5) is 3.14. The summed E-state index contributed by atoms with van der Waals surface area (Å²) in [6.45, 7) is 2.54. The number of rotatable bonds is 4. The Labute approximate surface area is 86.2 Å². The molecule has 0 bridgehead atoms. The fourth-order valence-corrected chi connectivity index (χ4v) is 0.614. The number of hydrogen-bond acceptors (Lipinski definition) is 3. The minimum absolute atomic E-state index is 0.426. The Morgan fingerprint density at radius 3 is 2.57 bits per heavy atom. The number of alkyl halides is 1. The highest BCUT2D eigenvalue weighted by atomic mass is 35.5. The fourth-order valence-electron chi connectivity index (χ4n) is 0.510. The van der Waals surface area contributed by atoms with Gasteiger partial charge in [-0.15, -0.1) is 0 Å². The number of nitrogens with zero attached hydrogens (tertiary/aromatic N) is 1. The van der Waals surface area contributed by atoms with Crippen LogP contribution >= 0.6 is 11.6 Å². The molecule has 0 aromatic heterocycles. The number of aliphatic imine (C=N–C) groups is 1. The van der Waals surface area contributed by atoms with Crippen LogP contribution in [0.4, 0.5) is 8.78 Å². The van der Waals surface area contributed by atoms with Gasteiger partial charge in [0.15, 0.2) is 0 Å². The van der Waals surface area contributed by atoms with Crippen LogP contribution in [0, 0.1) is 5.41 Å². The van der Waals surface area contributed by atoms with Gasteiger partial charge in [-0.2, -0.15) is 4.39 Å². The van der Waals surface area contributed by atoms with Crippen LogP contribution in [-0.4, -0.2) is 24.1 Å². The van der Waals surface area contributed by atoms with Gasteiger partial charge < -0.3 is 11.1 Å². The molecule has 2 unspecified atom stereocenters. The number of hydrogen-bond donors (Lipinski definition) is 2. The number of nitrogens with one attached hydrogen (secondary N) is 1. The van der Waals surface area contributed by atoms with Crippen LogP contribution in [0.2, 0.25) is 0 Å². The fraction of sp³-hybridized carbons (Fsp3) is 0.500. The van der Waals surface area contributed by atoms with Gasteiger partial charge in [0.25, 0.3) is 0 Å². The lowest BCUT2D eigenvalue weighted by molar-refractivity contribution is 0.459. The van der Waals surface area contributed by atoms with E-state index in [9.17, 15) is 8.78 Å². The second-order valence-corrected chi connectivity index (χ2v) is 3.37. The van der Waals surface area contributed by atoms with Crippen LogP contribution in [0.25, 0.3) is 0 Å². The number of nitrogens with two attached hydrogens (primary N) is 1. The molecule has 14 heavy (non-hydrogen) atoms. The van der Waals surface area contributed by atoms with Gasteiger partial charge in [0.05, 0.1) is 10.6 Å². The third-order valence-electron chi connectivity index (χ3n) is 1.35. The molecule has 0 rings (SSSR count). The molecule has 0 aromatic carbocycles. The van der Waals surface area contributed by atoms with Crippen LogP contribution in [-0.2, 0) is 0 Å². The molecule has 0 aliphatic carbocycles. The molecule has 0 amide bonds. The van der Waals surface area contributed by atoms with E-state index in [1.165, 1.54) is 13.8 Å². The van der Waals surface area contributed by atoms with E-state index in [-0.39, 0.29) is 0 Å². The van der Waals surface area contributed by atoms with E-state index in [0.717, 1.165) is 12.4 Å². The van der Waals surface area contributed by atoms with E-state index < -0.39 is 22.7 Å². The maximum atomic E-state index is 13.0. The molecule has 80 valence electrons. The van der Waals surface area contributed by atoms with Gasteiger partial charge in [0.1, 0.15) is 6.17 Å². The van der Waals surface area contributed by atoms with Crippen LogP contribution < -0.4 is 5.73 Å². The van der Waals surface area contributed by atoms with Gasteiger partial charge in [-0.3, -0.25) is 0 Å². The minimum Gasteiger partial charge on any atom is -0.316 e. The smallest absolute Gasteiger partial charge is 0.229 e. The van der Waals surface area contributed by atoms with Crippen molar-refractivity contribution in [2.24, 2.45) is 10.7 Å². The second-order valence-electron chi connectivity index (χ2n) is 2.99. The first-order valence-corrected chi connectivity index (χ1v) is 4.23. The summed E-state index contributed by atoms with van der Waals surface area (Å²) in [5, 5.41) is 6.46. The zero-order chi connectivity index (χ0) is 11.4. The Morgan fingerprint density at radius 2 is 2.21 bits per heavy atom. The molecule has 0 spiro atoms. The highest BCUT2D eigenvalue weighted by Crippen LogP contribution is 2.21. The van der Waals surface area contributed by atoms with Gasteiger partial charge in [-0.25, -0.2) is 9.38 Å². The Bertz CT molecular complexity index is 272. The molecular weight excluding hydrogens is 212 g/mol. The number of halogens is 3. The second kappa shape index (κ2) is 5.17. The SMILES string of the molecule is CC(F)/C=N\C(F)=C(\Cl)C(C)(N)C=N. The average Bonchev–Trinajstić information content (AvgIpc) is 2.12. The highest BCUT2D eigenvalue weighted by Gasteiger charge is 2.23. The van der Waals surface area contributed by atoms with E-state index in [2.05, 4.69) is 4.99 Å². The van der Waals surface area contributed by atoms with Crippen molar-refractivity contribution in [3.8, 4) is 0 Å². The maximum absolute atomic E-state index is 13.0. The molecule has 0 radical (unpaired) electrons. The van der Waals surface area contributed by atoms with Gasteiger partial charge in [-0.1, -0.05) is 11.6 Å². The largest absolute Gasteiger partial charge is 0.316 e. The maximum Gasteiger partial charge on any atom is 0.229 e. The van der Waals surface area contributed by atoms with Crippen LogP contribution in [0.15, 0.2) is 16.0 Å². The van der Waals surface area contributed by atoms with Crippen molar-refractivity contribution in [2.75, 3.05) is 0 Å². The van der Waals surface area contributed by atoms with Crippen molar-refractivity contribution in [3.63, 3.8) is 0 Å². The standard InChI is InChI=1S/C8H12ClF2N3/c1-5(10)3-14-7(11)6(9)8(2,13)4-12/h3-5,12H,13H2,1-2H3/b7-6+,12-4?,14-3-. The van der Waals surface area contributed by atoms with Gasteiger partial charge in [-0.05, 0) is 13.8 Å². The van der Waals surface area contributed by atoms with Gasteiger partial charge >= 0.3 is 0 Å². The molecular formula is C8H12ClF2N3. The molecule has 6 heteroatoms. The van der Waals surface area contributed by atoms with Crippen molar-refractivity contribution in [2.45, 2.75) is 25.6 Å². The lowest BCUT2D eigenvalue weighted by Crippen LogP contribution is -2.38. The van der Waals surface area contributed by atoms with Gasteiger partial charge in [0.2, 0.25) is 5.95 Å². The predicted molar refractivity (Wildman–Crippen MR) is 54.4 cm³/mol. The van der Waals surface area contributed by atoms with E-state index in [0.29, 0.717) is 0 Å². The van der Waals surface area contributed by atoms with Crippen molar-refractivity contribution < 1.29 is 8.78 Å². The van der Waals surface area contributed by atoms with Crippen LogP contribution in [0.5, 0.6) is 0 Å². The molecule has 0 aliphatic heterocycles. The summed E-state index contributed by atoms with van der Waals surface area (Å²) < 4.78 is 25.3. The summed E-state index contributed by atoms with van der Waals surface area (Å²) >= 11 is 5.50. The van der Waals surface area contributed by atoms with Crippen molar-refractivity contribution in [1.29, 1.82) is 5.41 Å². The van der Waals surface area contributed by atoms with E-state index in [4.69, 9.17) is 22.7 Å². The zero-order valence-electron chi connectivity index (χ0n) is 7.89.